The van der Waals surface area contributed by atoms with Crippen molar-refractivity contribution >= 4 is 33.3 Å². The van der Waals surface area contributed by atoms with Gasteiger partial charge in [-0.2, -0.15) is 0 Å². The van der Waals surface area contributed by atoms with Crippen LogP contribution in [0.15, 0.2) is 168 Å². The van der Waals surface area contributed by atoms with Gasteiger partial charge in [0.05, 0.1) is 5.41 Å². The molecule has 0 saturated heterocycles. The molecule has 212 valence electrons. The van der Waals surface area contributed by atoms with Gasteiger partial charge in [0.1, 0.15) is 0 Å². The van der Waals surface area contributed by atoms with Gasteiger partial charge < -0.3 is 0 Å². The minimum atomic E-state index is -0.398. The third-order valence-corrected chi connectivity index (χ3v) is 11.8. The number of hydrogen-bond acceptors (Lipinski definition) is 1. The molecule has 0 nitrogen and oxygen atoms in total. The molecule has 46 heavy (non-hydrogen) atoms. The zero-order chi connectivity index (χ0) is 30.0. The summed E-state index contributed by atoms with van der Waals surface area (Å²) < 4.78 is 0. The average Bonchev–Trinajstić information content (AvgIpc) is 3.59. The van der Waals surface area contributed by atoms with E-state index in [4.69, 9.17) is 0 Å². The molecule has 8 aromatic rings. The molecule has 0 radical (unpaired) electrons. The predicted octanol–water partition coefficient (Wildman–Crippen LogP) is 12.1. The summed E-state index contributed by atoms with van der Waals surface area (Å²) >= 11 is 1.90. The van der Waals surface area contributed by atoms with E-state index >= 15 is 0 Å². The second-order valence-corrected chi connectivity index (χ2v) is 13.8. The minimum Gasteiger partial charge on any atom is -0.0888 e. The molecule has 1 spiro atoms. The van der Waals surface area contributed by atoms with E-state index in [1.54, 1.807) is 0 Å². The third-order valence-electron chi connectivity index (χ3n) is 10.7. The van der Waals surface area contributed by atoms with Crippen molar-refractivity contribution in [1.82, 2.24) is 0 Å². The van der Waals surface area contributed by atoms with E-state index < -0.39 is 5.41 Å². The van der Waals surface area contributed by atoms with Crippen LogP contribution in [0.1, 0.15) is 22.3 Å². The van der Waals surface area contributed by atoms with Gasteiger partial charge in [-0.1, -0.05) is 157 Å². The van der Waals surface area contributed by atoms with Crippen LogP contribution >= 0.6 is 11.8 Å². The molecule has 3 aliphatic rings. The van der Waals surface area contributed by atoms with Crippen LogP contribution in [-0.2, 0) is 5.41 Å². The molecule has 0 N–H and O–H groups in total. The molecule has 1 unspecified atom stereocenters. The molecule has 11 rings (SSSR count). The maximum atomic E-state index is 2.41. The Bertz CT molecular complexity index is 2620. The van der Waals surface area contributed by atoms with Gasteiger partial charge in [0.2, 0.25) is 0 Å². The Labute approximate surface area is 272 Å². The normalized spacial score (nSPS) is 16.3. The minimum absolute atomic E-state index is 0.398. The van der Waals surface area contributed by atoms with E-state index in [1.165, 1.54) is 98.1 Å². The topological polar surface area (TPSA) is 0 Å². The van der Waals surface area contributed by atoms with Crippen molar-refractivity contribution in [2.24, 2.45) is 0 Å². The highest BCUT2D eigenvalue weighted by molar-refractivity contribution is 7.99. The first kappa shape index (κ1) is 24.9. The summed E-state index contributed by atoms with van der Waals surface area (Å²) in [5.41, 5.74) is 15.8. The summed E-state index contributed by atoms with van der Waals surface area (Å²) in [6, 6.07) is 59.4. The van der Waals surface area contributed by atoms with Crippen molar-refractivity contribution in [2.45, 2.75) is 15.2 Å². The largest absolute Gasteiger partial charge is 0.0888 e. The van der Waals surface area contributed by atoms with E-state index in [-0.39, 0.29) is 0 Å². The summed E-state index contributed by atoms with van der Waals surface area (Å²) in [7, 11) is 0. The maximum Gasteiger partial charge on any atom is 0.0731 e. The molecule has 0 aromatic heterocycles. The van der Waals surface area contributed by atoms with Crippen LogP contribution < -0.4 is 0 Å². The highest BCUT2D eigenvalue weighted by Gasteiger charge is 2.52. The predicted molar refractivity (Wildman–Crippen MR) is 193 cm³/mol. The second kappa shape index (κ2) is 8.88. The van der Waals surface area contributed by atoms with Gasteiger partial charge in [0.15, 0.2) is 0 Å². The number of fused-ring (bicyclic) bond motifs is 14. The van der Waals surface area contributed by atoms with Crippen molar-refractivity contribution < 1.29 is 0 Å². The van der Waals surface area contributed by atoms with Gasteiger partial charge in [-0.3, -0.25) is 0 Å². The number of rotatable bonds is 1. The average molecular weight is 599 g/mol. The Balaban J connectivity index is 1.29. The van der Waals surface area contributed by atoms with Crippen molar-refractivity contribution in [1.29, 1.82) is 0 Å². The zero-order valence-corrected chi connectivity index (χ0v) is 25.7. The highest BCUT2D eigenvalue weighted by atomic mass is 32.2. The van der Waals surface area contributed by atoms with Crippen LogP contribution in [0.25, 0.3) is 66.1 Å². The van der Waals surface area contributed by atoms with Crippen LogP contribution in [0.5, 0.6) is 0 Å². The van der Waals surface area contributed by atoms with Crippen molar-refractivity contribution in [3.8, 4) is 44.5 Å². The van der Waals surface area contributed by atoms with Crippen molar-refractivity contribution in [3.63, 3.8) is 0 Å². The van der Waals surface area contributed by atoms with E-state index in [0.29, 0.717) is 0 Å². The van der Waals surface area contributed by atoms with E-state index in [2.05, 4.69) is 158 Å². The standard InChI is InChI=1S/C45H26S/c1-2-14-29-27(11-1)25-26-33-30-15-3-5-20-36(30)45(44(29)33)37-21-6-4-16-34(37)42-31(17-9-22-38(42)45)32-18-10-24-40-43(32)35-19-7-12-28-13-8-23-39(46-40)41(28)35/h1-26H. The number of hydrogen-bond donors (Lipinski definition) is 0. The Hall–Kier alpha value is -5.37. The fourth-order valence-electron chi connectivity index (χ4n) is 9.03. The molecule has 1 heteroatoms. The van der Waals surface area contributed by atoms with Crippen LogP contribution in [-0.4, -0.2) is 0 Å². The lowest BCUT2D eigenvalue weighted by molar-refractivity contribution is 0.801. The van der Waals surface area contributed by atoms with Crippen LogP contribution in [0.4, 0.5) is 0 Å². The zero-order valence-electron chi connectivity index (χ0n) is 24.9. The van der Waals surface area contributed by atoms with Gasteiger partial charge in [-0.05, 0) is 89.5 Å². The van der Waals surface area contributed by atoms with Crippen LogP contribution in [0.3, 0.4) is 0 Å². The third kappa shape index (κ3) is 2.93. The van der Waals surface area contributed by atoms with Gasteiger partial charge >= 0.3 is 0 Å². The first-order valence-electron chi connectivity index (χ1n) is 16.0. The first-order valence-corrected chi connectivity index (χ1v) is 16.8. The SMILES string of the molecule is c1ccc2c(c1)-c1ccc3ccccc3c1C21c2ccccc2-c2c(-c3cccc4c3-c3cccc5cccc(c35)S4)cccc21. The molecule has 1 atom stereocenters. The van der Waals surface area contributed by atoms with Gasteiger partial charge in [-0.25, -0.2) is 0 Å². The molecular weight excluding hydrogens is 573 g/mol. The fourth-order valence-corrected chi connectivity index (χ4v) is 10.2. The first-order chi connectivity index (χ1) is 22.8. The monoisotopic (exact) mass is 598 g/mol. The van der Waals surface area contributed by atoms with E-state index in [0.717, 1.165) is 0 Å². The second-order valence-electron chi connectivity index (χ2n) is 12.7. The molecule has 0 amide bonds. The maximum absolute atomic E-state index is 2.41. The molecule has 0 fully saturated rings. The Morgan fingerprint density at radius 1 is 0.348 bits per heavy atom. The van der Waals surface area contributed by atoms with Gasteiger partial charge in [-0.15, -0.1) is 0 Å². The Morgan fingerprint density at radius 3 is 1.83 bits per heavy atom. The summed E-state index contributed by atoms with van der Waals surface area (Å²) in [4.78, 5) is 2.66. The molecule has 0 bridgehead atoms. The van der Waals surface area contributed by atoms with E-state index in [1.807, 2.05) is 11.8 Å². The Morgan fingerprint density at radius 2 is 0.935 bits per heavy atom. The molecule has 1 aliphatic heterocycles. The fraction of sp³-hybridized carbons (Fsp3) is 0.0222. The molecular formula is C45H26S. The van der Waals surface area contributed by atoms with E-state index in [9.17, 15) is 0 Å². The van der Waals surface area contributed by atoms with Crippen LogP contribution in [0, 0.1) is 0 Å². The molecule has 8 aromatic carbocycles. The van der Waals surface area contributed by atoms with Gasteiger partial charge in [0, 0.05) is 20.7 Å². The summed E-state index contributed by atoms with van der Waals surface area (Å²) in [6.07, 6.45) is 0. The summed E-state index contributed by atoms with van der Waals surface area (Å²) in [5, 5.41) is 5.29. The summed E-state index contributed by atoms with van der Waals surface area (Å²) in [5.74, 6) is 0. The quantitative estimate of drug-likeness (QED) is 0.181. The smallest absolute Gasteiger partial charge is 0.0731 e. The number of benzene rings is 8. The molecule has 2 aliphatic carbocycles. The van der Waals surface area contributed by atoms with Crippen molar-refractivity contribution in [3.05, 3.63) is 180 Å². The summed E-state index contributed by atoms with van der Waals surface area (Å²) in [6.45, 7) is 0. The lowest BCUT2D eigenvalue weighted by Gasteiger charge is -2.31. The lowest BCUT2D eigenvalue weighted by atomic mass is 9.69. The molecule has 1 heterocycles. The van der Waals surface area contributed by atoms with Crippen LogP contribution in [0.2, 0.25) is 0 Å². The Kier molecular flexibility index (Phi) is 4.80. The van der Waals surface area contributed by atoms with Crippen molar-refractivity contribution in [2.75, 3.05) is 0 Å². The lowest BCUT2D eigenvalue weighted by Crippen LogP contribution is -2.26. The molecule has 0 saturated carbocycles. The highest BCUT2D eigenvalue weighted by Crippen LogP contribution is 2.65. The van der Waals surface area contributed by atoms with Gasteiger partial charge in [0.25, 0.3) is 0 Å².